The predicted molar refractivity (Wildman–Crippen MR) is 74.2 cm³/mol. The Balaban J connectivity index is 2.03. The van der Waals surface area contributed by atoms with Gasteiger partial charge >= 0.3 is 6.18 Å². The summed E-state index contributed by atoms with van der Waals surface area (Å²) in [6, 6.07) is 6.95. The third-order valence-electron chi connectivity index (χ3n) is 3.84. The van der Waals surface area contributed by atoms with Crippen LogP contribution in [0.5, 0.6) is 0 Å². The van der Waals surface area contributed by atoms with Gasteiger partial charge in [0.2, 0.25) is 0 Å². The maximum absolute atomic E-state index is 13.3. The Labute approximate surface area is 125 Å². The summed E-state index contributed by atoms with van der Waals surface area (Å²) in [5.74, 6) is 0.127. The normalized spacial score (nSPS) is 20.9. The van der Waals surface area contributed by atoms with Gasteiger partial charge in [0, 0.05) is 6.42 Å². The Kier molecular flexibility index (Phi) is 3.32. The number of nitriles is 1. The van der Waals surface area contributed by atoms with Gasteiger partial charge in [-0.2, -0.15) is 23.5 Å². The molecule has 0 fully saturated rings. The van der Waals surface area contributed by atoms with Crippen LogP contribution in [-0.4, -0.2) is 16.0 Å². The third-order valence-corrected chi connectivity index (χ3v) is 3.84. The molecule has 0 saturated heterocycles. The molecule has 0 spiro atoms. The number of fused-ring (bicyclic) bond motifs is 1. The number of aromatic nitrogens is 2. The Hall–Kier alpha value is -2.49. The average molecular weight is 306 g/mol. The van der Waals surface area contributed by atoms with Crippen LogP contribution in [0.3, 0.4) is 0 Å². The second kappa shape index (κ2) is 5.05. The van der Waals surface area contributed by atoms with Crippen LogP contribution in [0.4, 0.5) is 19.0 Å². The second-order valence-corrected chi connectivity index (χ2v) is 5.36. The van der Waals surface area contributed by atoms with Crippen LogP contribution in [0, 0.1) is 18.3 Å². The number of halogens is 3. The number of benzene rings is 1. The minimum absolute atomic E-state index is 0.117. The molecule has 7 heteroatoms. The number of hydrogen-bond acceptors (Lipinski definition) is 3. The van der Waals surface area contributed by atoms with E-state index in [-0.39, 0.29) is 17.8 Å². The van der Waals surface area contributed by atoms with E-state index in [0.29, 0.717) is 0 Å². The van der Waals surface area contributed by atoms with E-state index in [2.05, 4.69) is 10.4 Å². The number of anilines is 1. The van der Waals surface area contributed by atoms with Crippen molar-refractivity contribution in [3.63, 3.8) is 0 Å². The fourth-order valence-electron chi connectivity index (χ4n) is 2.66. The van der Waals surface area contributed by atoms with Crippen molar-refractivity contribution in [3.8, 4) is 6.07 Å². The van der Waals surface area contributed by atoms with Gasteiger partial charge in [0.15, 0.2) is 6.04 Å². The van der Waals surface area contributed by atoms with Crippen molar-refractivity contribution >= 4 is 5.82 Å². The minimum atomic E-state index is -4.42. The molecule has 1 aliphatic rings. The number of rotatable bonds is 1. The summed E-state index contributed by atoms with van der Waals surface area (Å²) in [7, 11) is 0. The Morgan fingerprint density at radius 3 is 2.59 bits per heavy atom. The van der Waals surface area contributed by atoms with Crippen molar-refractivity contribution in [1.82, 2.24) is 9.78 Å². The quantitative estimate of drug-likeness (QED) is 0.873. The van der Waals surface area contributed by atoms with Crippen LogP contribution in [0.25, 0.3) is 0 Å². The monoisotopic (exact) mass is 306 g/mol. The molecule has 1 N–H and O–H groups in total. The zero-order valence-electron chi connectivity index (χ0n) is 11.7. The highest BCUT2D eigenvalue weighted by Crippen LogP contribution is 2.44. The van der Waals surface area contributed by atoms with E-state index in [1.165, 1.54) is 6.20 Å². The molecule has 1 aliphatic heterocycles. The molecule has 1 aromatic carbocycles. The molecule has 22 heavy (non-hydrogen) atoms. The van der Waals surface area contributed by atoms with Crippen LogP contribution in [0.15, 0.2) is 30.5 Å². The summed E-state index contributed by atoms with van der Waals surface area (Å²) in [5, 5.41) is 15.8. The lowest BCUT2D eigenvalue weighted by Crippen LogP contribution is -2.35. The second-order valence-electron chi connectivity index (χ2n) is 5.36. The van der Waals surface area contributed by atoms with Gasteiger partial charge in [-0.3, -0.25) is 0 Å². The standard InChI is InChI=1S/C15H13F3N4/c1-9-2-4-10(5-3-9)12-6-13(15(16,17)18)22-14(21-12)11(7-19)8-20-22/h2-5,8,12-13,21H,6H2,1H3/t12-,13-/m1/s1. The van der Waals surface area contributed by atoms with Crippen molar-refractivity contribution in [2.45, 2.75) is 31.6 Å². The molecule has 0 radical (unpaired) electrons. The van der Waals surface area contributed by atoms with Crippen LogP contribution >= 0.6 is 0 Å². The van der Waals surface area contributed by atoms with Gasteiger partial charge in [0.25, 0.3) is 0 Å². The first-order valence-electron chi connectivity index (χ1n) is 6.77. The van der Waals surface area contributed by atoms with Gasteiger partial charge in [-0.1, -0.05) is 29.8 Å². The SMILES string of the molecule is Cc1ccc([C@H]2C[C@H](C(F)(F)F)n3ncc(C#N)c3N2)cc1. The summed E-state index contributed by atoms with van der Waals surface area (Å²) in [6.07, 6.45) is -3.41. The summed E-state index contributed by atoms with van der Waals surface area (Å²) in [4.78, 5) is 0. The van der Waals surface area contributed by atoms with Crippen molar-refractivity contribution < 1.29 is 13.2 Å². The average Bonchev–Trinajstić information content (AvgIpc) is 2.88. The van der Waals surface area contributed by atoms with Gasteiger partial charge in [-0.15, -0.1) is 0 Å². The lowest BCUT2D eigenvalue weighted by atomic mass is 9.96. The Morgan fingerprint density at radius 1 is 1.32 bits per heavy atom. The molecule has 0 bridgehead atoms. The van der Waals surface area contributed by atoms with E-state index >= 15 is 0 Å². The third kappa shape index (κ3) is 2.41. The topological polar surface area (TPSA) is 53.6 Å². The lowest BCUT2D eigenvalue weighted by Gasteiger charge is -2.33. The van der Waals surface area contributed by atoms with Gasteiger partial charge in [0.1, 0.15) is 17.5 Å². The van der Waals surface area contributed by atoms with Gasteiger partial charge in [0.05, 0.1) is 12.2 Å². The van der Waals surface area contributed by atoms with Crippen LogP contribution in [0.1, 0.15) is 35.2 Å². The van der Waals surface area contributed by atoms with Crippen LogP contribution < -0.4 is 5.32 Å². The molecule has 114 valence electrons. The molecule has 2 aromatic rings. The summed E-state index contributed by atoms with van der Waals surface area (Å²) < 4.78 is 40.8. The first-order valence-corrected chi connectivity index (χ1v) is 6.77. The minimum Gasteiger partial charge on any atom is -0.362 e. The molecule has 0 aliphatic carbocycles. The molecular weight excluding hydrogens is 293 g/mol. The Morgan fingerprint density at radius 2 is 2.00 bits per heavy atom. The lowest BCUT2D eigenvalue weighted by molar-refractivity contribution is -0.173. The smallest absolute Gasteiger partial charge is 0.362 e. The molecular formula is C15H13F3N4. The number of alkyl halides is 3. The summed E-state index contributed by atoms with van der Waals surface area (Å²) in [5.41, 5.74) is 1.91. The summed E-state index contributed by atoms with van der Waals surface area (Å²) >= 11 is 0. The van der Waals surface area contributed by atoms with E-state index in [1.54, 1.807) is 12.1 Å². The molecule has 1 aromatic heterocycles. The predicted octanol–water partition coefficient (Wildman–Crippen LogP) is 3.72. The zero-order valence-corrected chi connectivity index (χ0v) is 11.7. The first kappa shape index (κ1) is 14.4. The van der Waals surface area contributed by atoms with Crippen LogP contribution in [0.2, 0.25) is 0 Å². The molecule has 0 saturated carbocycles. The number of aryl methyl sites for hydroxylation is 1. The van der Waals surface area contributed by atoms with E-state index < -0.39 is 18.3 Å². The number of hydrogen-bond donors (Lipinski definition) is 1. The van der Waals surface area contributed by atoms with E-state index in [4.69, 9.17) is 5.26 Å². The fourth-order valence-corrected chi connectivity index (χ4v) is 2.66. The first-order chi connectivity index (χ1) is 10.4. The van der Waals surface area contributed by atoms with Crippen molar-refractivity contribution in [3.05, 3.63) is 47.2 Å². The maximum Gasteiger partial charge on any atom is 0.410 e. The maximum atomic E-state index is 13.3. The van der Waals surface area contributed by atoms with Crippen molar-refractivity contribution in [2.75, 3.05) is 5.32 Å². The molecule has 0 amide bonds. The van der Waals surface area contributed by atoms with Crippen molar-refractivity contribution in [2.24, 2.45) is 0 Å². The highest BCUT2D eigenvalue weighted by molar-refractivity contribution is 5.54. The van der Waals surface area contributed by atoms with E-state index in [9.17, 15) is 13.2 Å². The zero-order chi connectivity index (χ0) is 15.9. The van der Waals surface area contributed by atoms with Gasteiger partial charge in [-0.25, -0.2) is 4.68 Å². The number of nitrogens with zero attached hydrogens (tertiary/aromatic N) is 3. The van der Waals surface area contributed by atoms with Gasteiger partial charge < -0.3 is 5.32 Å². The number of nitrogens with one attached hydrogen (secondary N) is 1. The Bertz CT molecular complexity index is 725. The molecule has 2 heterocycles. The molecule has 3 rings (SSSR count). The van der Waals surface area contributed by atoms with Gasteiger partial charge in [-0.05, 0) is 12.5 Å². The molecule has 0 unspecified atom stereocenters. The van der Waals surface area contributed by atoms with E-state index in [0.717, 1.165) is 15.8 Å². The molecule has 2 atom stereocenters. The fraction of sp³-hybridized carbons (Fsp3) is 0.333. The highest BCUT2D eigenvalue weighted by Gasteiger charge is 2.46. The van der Waals surface area contributed by atoms with E-state index in [1.807, 2.05) is 25.1 Å². The van der Waals surface area contributed by atoms with Crippen molar-refractivity contribution in [1.29, 1.82) is 5.26 Å². The molecule has 4 nitrogen and oxygen atoms in total. The summed E-state index contributed by atoms with van der Waals surface area (Å²) in [6.45, 7) is 1.92. The largest absolute Gasteiger partial charge is 0.410 e. The van der Waals surface area contributed by atoms with Crippen LogP contribution in [-0.2, 0) is 0 Å². The highest BCUT2D eigenvalue weighted by atomic mass is 19.4.